The van der Waals surface area contributed by atoms with Crippen LogP contribution in [0, 0.1) is 5.92 Å². The number of hydrogen-bond donors (Lipinski definition) is 2. The van der Waals surface area contributed by atoms with Gasteiger partial charge < -0.3 is 10.0 Å². The van der Waals surface area contributed by atoms with Crippen LogP contribution in [0.4, 0.5) is 5.69 Å². The average Bonchev–Trinajstić information content (AvgIpc) is 2.42. The van der Waals surface area contributed by atoms with Crippen LogP contribution in [0.5, 0.6) is 0 Å². The lowest BCUT2D eigenvalue weighted by Crippen LogP contribution is -2.42. The number of nitrogens with zero attached hydrogens (tertiary/aromatic N) is 1. The quantitative estimate of drug-likeness (QED) is 0.861. The molecule has 0 spiro atoms. The smallest absolute Gasteiger partial charge is 0.240 e. The summed E-state index contributed by atoms with van der Waals surface area (Å²) in [6.07, 6.45) is 0.618. The summed E-state index contributed by atoms with van der Waals surface area (Å²) < 4.78 is 25.5. The molecule has 2 N–H and O–H groups in total. The predicted molar refractivity (Wildman–Crippen MR) is 74.7 cm³/mol. The molecule has 1 aliphatic rings. The SMILES string of the molecule is CNS(=O)(=O)c1ccc(N2CCC(C)C(O)C2)cc1. The first-order valence-electron chi connectivity index (χ1n) is 6.40. The van der Waals surface area contributed by atoms with E-state index in [1.165, 1.54) is 7.05 Å². The summed E-state index contributed by atoms with van der Waals surface area (Å²) in [4.78, 5) is 2.34. The van der Waals surface area contributed by atoms with Crippen molar-refractivity contribution < 1.29 is 13.5 Å². The highest BCUT2D eigenvalue weighted by Gasteiger charge is 2.24. The molecule has 106 valence electrons. The average molecular weight is 284 g/mol. The van der Waals surface area contributed by atoms with Gasteiger partial charge in [-0.3, -0.25) is 0 Å². The Labute approximate surface area is 114 Å². The first kappa shape index (κ1) is 14.3. The van der Waals surface area contributed by atoms with Gasteiger partial charge in [-0.25, -0.2) is 13.1 Å². The Kier molecular flexibility index (Phi) is 4.13. The van der Waals surface area contributed by atoms with Gasteiger partial charge in [0.1, 0.15) is 0 Å². The number of aliphatic hydroxyl groups is 1. The van der Waals surface area contributed by atoms with E-state index in [1.807, 2.05) is 6.92 Å². The van der Waals surface area contributed by atoms with E-state index in [4.69, 9.17) is 0 Å². The zero-order chi connectivity index (χ0) is 14.0. The van der Waals surface area contributed by atoms with E-state index in [9.17, 15) is 13.5 Å². The standard InChI is InChI=1S/C13H20N2O3S/c1-10-7-8-15(9-13(10)16)11-3-5-12(6-4-11)19(17,18)14-2/h3-6,10,13-14,16H,7-9H2,1-2H3. The van der Waals surface area contributed by atoms with Gasteiger partial charge in [0, 0.05) is 18.8 Å². The second-order valence-electron chi connectivity index (χ2n) is 4.98. The maximum absolute atomic E-state index is 11.6. The predicted octanol–water partition coefficient (Wildman–Crippen LogP) is 0.802. The molecule has 6 heteroatoms. The molecular formula is C13H20N2O3S. The Balaban J connectivity index is 2.15. The number of rotatable bonds is 3. The molecule has 0 bridgehead atoms. The molecule has 1 heterocycles. The minimum absolute atomic E-state index is 0.254. The number of nitrogens with one attached hydrogen (secondary N) is 1. The van der Waals surface area contributed by atoms with Crippen molar-refractivity contribution in [1.82, 2.24) is 4.72 Å². The molecule has 2 unspecified atom stereocenters. The summed E-state index contributed by atoms with van der Waals surface area (Å²) in [6, 6.07) is 6.75. The van der Waals surface area contributed by atoms with Gasteiger partial charge in [0.15, 0.2) is 0 Å². The number of hydrogen-bond acceptors (Lipinski definition) is 4. The molecule has 1 aromatic carbocycles. The molecule has 0 amide bonds. The van der Waals surface area contributed by atoms with Crippen molar-refractivity contribution >= 4 is 15.7 Å². The topological polar surface area (TPSA) is 69.6 Å². The summed E-state index contributed by atoms with van der Waals surface area (Å²) in [7, 11) is -1.99. The fourth-order valence-corrected chi connectivity index (χ4v) is 2.97. The van der Waals surface area contributed by atoms with Crippen molar-refractivity contribution in [3.05, 3.63) is 24.3 Å². The molecule has 0 aliphatic carbocycles. The molecule has 19 heavy (non-hydrogen) atoms. The van der Waals surface area contributed by atoms with E-state index in [0.29, 0.717) is 12.5 Å². The summed E-state index contributed by atoms with van der Waals surface area (Å²) in [5.41, 5.74) is 0.945. The molecular weight excluding hydrogens is 264 g/mol. The van der Waals surface area contributed by atoms with Crippen molar-refractivity contribution in [3.8, 4) is 0 Å². The number of anilines is 1. The van der Waals surface area contributed by atoms with Gasteiger partial charge >= 0.3 is 0 Å². The molecule has 1 aliphatic heterocycles. The van der Waals surface area contributed by atoms with Gasteiger partial charge in [0.05, 0.1) is 11.0 Å². The Morgan fingerprint density at radius 2 is 1.95 bits per heavy atom. The first-order chi connectivity index (χ1) is 8.94. The van der Waals surface area contributed by atoms with Gasteiger partial charge in [-0.2, -0.15) is 0 Å². The highest BCUT2D eigenvalue weighted by molar-refractivity contribution is 7.89. The molecule has 1 fully saturated rings. The molecule has 2 rings (SSSR count). The van der Waals surface area contributed by atoms with Crippen molar-refractivity contribution in [2.45, 2.75) is 24.3 Å². The Morgan fingerprint density at radius 3 is 2.47 bits per heavy atom. The van der Waals surface area contributed by atoms with E-state index in [0.717, 1.165) is 18.7 Å². The zero-order valence-electron chi connectivity index (χ0n) is 11.2. The maximum atomic E-state index is 11.6. The zero-order valence-corrected chi connectivity index (χ0v) is 12.0. The van der Waals surface area contributed by atoms with Crippen LogP contribution in [0.15, 0.2) is 29.2 Å². The minimum Gasteiger partial charge on any atom is -0.391 e. The number of piperidine rings is 1. The fraction of sp³-hybridized carbons (Fsp3) is 0.538. The van der Waals surface area contributed by atoms with Crippen LogP contribution in [0.3, 0.4) is 0 Å². The third-order valence-electron chi connectivity index (χ3n) is 3.70. The molecule has 0 saturated carbocycles. The summed E-state index contributed by atoms with van der Waals surface area (Å²) in [5.74, 6) is 0.320. The van der Waals surface area contributed by atoms with Crippen LogP contribution in [-0.2, 0) is 10.0 Å². The second-order valence-corrected chi connectivity index (χ2v) is 6.87. The normalized spacial score (nSPS) is 24.5. The Hall–Kier alpha value is -1.11. The largest absolute Gasteiger partial charge is 0.391 e. The molecule has 2 atom stereocenters. The third-order valence-corrected chi connectivity index (χ3v) is 5.13. The molecule has 0 aromatic heterocycles. The lowest BCUT2D eigenvalue weighted by atomic mass is 9.96. The van der Waals surface area contributed by atoms with Gasteiger partial charge in [0.25, 0.3) is 0 Å². The maximum Gasteiger partial charge on any atom is 0.240 e. The highest BCUT2D eigenvalue weighted by atomic mass is 32.2. The van der Waals surface area contributed by atoms with Gasteiger partial charge in [-0.1, -0.05) is 6.92 Å². The van der Waals surface area contributed by atoms with Gasteiger partial charge in [-0.05, 0) is 43.7 Å². The number of benzene rings is 1. The van der Waals surface area contributed by atoms with Gasteiger partial charge in [0.2, 0.25) is 10.0 Å². The molecule has 1 aromatic rings. The summed E-state index contributed by atoms with van der Waals surface area (Å²) >= 11 is 0. The molecule has 1 saturated heterocycles. The van der Waals surface area contributed by atoms with Crippen molar-refractivity contribution in [2.24, 2.45) is 5.92 Å². The highest BCUT2D eigenvalue weighted by Crippen LogP contribution is 2.24. The van der Waals surface area contributed by atoms with Crippen LogP contribution in [0.25, 0.3) is 0 Å². The lowest BCUT2D eigenvalue weighted by molar-refractivity contribution is 0.103. The van der Waals surface area contributed by atoms with E-state index in [1.54, 1.807) is 24.3 Å². The lowest BCUT2D eigenvalue weighted by Gasteiger charge is -2.35. The van der Waals surface area contributed by atoms with Gasteiger partial charge in [-0.15, -0.1) is 0 Å². The van der Waals surface area contributed by atoms with E-state index < -0.39 is 10.0 Å². The van der Waals surface area contributed by atoms with Crippen LogP contribution in [0.1, 0.15) is 13.3 Å². The van der Waals surface area contributed by atoms with Crippen LogP contribution < -0.4 is 9.62 Å². The molecule has 0 radical (unpaired) electrons. The summed E-state index contributed by atoms with van der Waals surface area (Å²) in [5, 5.41) is 9.88. The number of β-amino-alcohol motifs (C(OH)–C–C–N with tert-alkyl or cyclic N) is 1. The Morgan fingerprint density at radius 1 is 1.32 bits per heavy atom. The first-order valence-corrected chi connectivity index (χ1v) is 7.89. The number of sulfonamides is 1. The summed E-state index contributed by atoms with van der Waals surface area (Å²) in [6.45, 7) is 3.53. The number of aliphatic hydroxyl groups excluding tert-OH is 1. The molecule has 5 nitrogen and oxygen atoms in total. The van der Waals surface area contributed by atoms with E-state index in [2.05, 4.69) is 9.62 Å². The third kappa shape index (κ3) is 3.08. The van der Waals surface area contributed by atoms with E-state index in [-0.39, 0.29) is 11.0 Å². The van der Waals surface area contributed by atoms with E-state index >= 15 is 0 Å². The fourth-order valence-electron chi connectivity index (χ4n) is 2.24. The Bertz CT molecular complexity index is 527. The van der Waals surface area contributed by atoms with Crippen LogP contribution in [0.2, 0.25) is 0 Å². The van der Waals surface area contributed by atoms with Crippen LogP contribution >= 0.6 is 0 Å². The minimum atomic E-state index is -3.38. The van der Waals surface area contributed by atoms with Crippen molar-refractivity contribution in [2.75, 3.05) is 25.0 Å². The van der Waals surface area contributed by atoms with Crippen LogP contribution in [-0.4, -0.2) is 39.8 Å². The van der Waals surface area contributed by atoms with Crippen molar-refractivity contribution in [3.63, 3.8) is 0 Å². The second kappa shape index (κ2) is 5.48. The monoisotopic (exact) mass is 284 g/mol. The van der Waals surface area contributed by atoms with Crippen molar-refractivity contribution in [1.29, 1.82) is 0 Å².